The third-order valence-corrected chi connectivity index (χ3v) is 3.40. The third kappa shape index (κ3) is 2.37. The van der Waals surface area contributed by atoms with Gasteiger partial charge in [0.1, 0.15) is 6.54 Å². The Balaban J connectivity index is 2.16. The second kappa shape index (κ2) is 4.41. The lowest BCUT2D eigenvalue weighted by molar-refractivity contribution is -0.140. The lowest BCUT2D eigenvalue weighted by atomic mass is 10.00. The second-order valence-electron chi connectivity index (χ2n) is 5.57. The van der Waals surface area contributed by atoms with Crippen molar-refractivity contribution in [3.63, 3.8) is 0 Å². The van der Waals surface area contributed by atoms with Crippen molar-refractivity contribution >= 4 is 11.8 Å². The number of likely N-dealkylation sites (tertiary alicyclic amines) is 1. The molecule has 0 aliphatic carbocycles. The first-order chi connectivity index (χ1) is 8.71. The van der Waals surface area contributed by atoms with Gasteiger partial charge in [0.05, 0.1) is 5.54 Å². The molecule has 7 heteroatoms. The zero-order valence-electron chi connectivity index (χ0n) is 11.5. The summed E-state index contributed by atoms with van der Waals surface area (Å²) in [5.41, 5.74) is 5.12. The van der Waals surface area contributed by atoms with Gasteiger partial charge in [-0.2, -0.15) is 4.98 Å². The van der Waals surface area contributed by atoms with Crippen LogP contribution in [-0.4, -0.2) is 26.9 Å². The second-order valence-corrected chi connectivity index (χ2v) is 5.57. The normalized spacial score (nSPS) is 24.4. The highest BCUT2D eigenvalue weighted by atomic mass is 16.5. The van der Waals surface area contributed by atoms with Crippen LogP contribution in [0, 0.1) is 11.8 Å². The Morgan fingerprint density at radius 1 is 1.26 bits per heavy atom. The molecule has 0 saturated carbocycles. The molecule has 1 fully saturated rings. The van der Waals surface area contributed by atoms with Gasteiger partial charge < -0.3 is 10.3 Å². The van der Waals surface area contributed by atoms with Crippen molar-refractivity contribution in [2.75, 3.05) is 0 Å². The molecule has 1 aliphatic heterocycles. The van der Waals surface area contributed by atoms with Crippen LogP contribution in [0.4, 0.5) is 0 Å². The maximum Gasteiger partial charge on any atom is 0.246 e. The molecule has 0 bridgehead atoms. The van der Waals surface area contributed by atoms with Crippen LogP contribution < -0.4 is 5.73 Å². The van der Waals surface area contributed by atoms with Crippen LogP contribution in [-0.2, 0) is 21.7 Å². The van der Waals surface area contributed by atoms with Crippen LogP contribution in [0.3, 0.4) is 0 Å². The number of imide groups is 1. The molecule has 0 spiro atoms. The zero-order chi connectivity index (χ0) is 14.4. The van der Waals surface area contributed by atoms with Gasteiger partial charge in [0.15, 0.2) is 5.82 Å². The fourth-order valence-electron chi connectivity index (χ4n) is 1.90. The number of nitrogens with two attached hydrogens (primary N) is 1. The summed E-state index contributed by atoms with van der Waals surface area (Å²) in [6.45, 7) is 6.99. The van der Waals surface area contributed by atoms with Crippen molar-refractivity contribution in [2.45, 2.75) is 39.8 Å². The molecule has 2 atom stereocenters. The van der Waals surface area contributed by atoms with Crippen LogP contribution in [0.2, 0.25) is 0 Å². The molecule has 2 unspecified atom stereocenters. The number of hydrogen-bond acceptors (Lipinski definition) is 6. The van der Waals surface area contributed by atoms with Gasteiger partial charge in [0.25, 0.3) is 0 Å². The first-order valence-electron chi connectivity index (χ1n) is 6.19. The van der Waals surface area contributed by atoms with E-state index < -0.39 is 5.54 Å². The predicted octanol–water partition coefficient (Wildman–Crippen LogP) is 0.404. The van der Waals surface area contributed by atoms with Gasteiger partial charge in [-0.3, -0.25) is 14.5 Å². The molecule has 1 aromatic heterocycles. The maximum absolute atomic E-state index is 11.9. The number of carbonyl (C=O) groups excluding carboxylic acids is 2. The Kier molecular flexibility index (Phi) is 3.17. The Labute approximate surface area is 111 Å². The highest BCUT2D eigenvalue weighted by Gasteiger charge is 2.42. The first kappa shape index (κ1) is 13.7. The zero-order valence-corrected chi connectivity index (χ0v) is 11.5. The number of nitrogens with zero attached hydrogens (tertiary/aromatic N) is 3. The number of hydrogen-bond donors (Lipinski definition) is 1. The molecule has 19 heavy (non-hydrogen) atoms. The number of carbonyl (C=O) groups is 2. The van der Waals surface area contributed by atoms with Crippen molar-refractivity contribution in [1.29, 1.82) is 0 Å². The standard InChI is InChI=1S/C12H18N4O3/c1-6-7(2)10(18)16(9(6)17)5-8-14-11(15-19-8)12(3,4)13/h6-7H,5,13H2,1-4H3. The largest absolute Gasteiger partial charge is 0.337 e. The summed E-state index contributed by atoms with van der Waals surface area (Å²) in [5.74, 6) is -0.450. The van der Waals surface area contributed by atoms with E-state index in [2.05, 4.69) is 10.1 Å². The third-order valence-electron chi connectivity index (χ3n) is 3.40. The summed E-state index contributed by atoms with van der Waals surface area (Å²) < 4.78 is 5.03. The highest BCUT2D eigenvalue weighted by molar-refractivity contribution is 6.04. The molecule has 2 N–H and O–H groups in total. The Bertz CT molecular complexity index is 497. The van der Waals surface area contributed by atoms with Gasteiger partial charge >= 0.3 is 0 Å². The minimum Gasteiger partial charge on any atom is -0.337 e. The van der Waals surface area contributed by atoms with E-state index in [1.165, 1.54) is 0 Å². The van der Waals surface area contributed by atoms with E-state index in [0.29, 0.717) is 5.82 Å². The van der Waals surface area contributed by atoms with Gasteiger partial charge in [-0.25, -0.2) is 0 Å². The molecule has 104 valence electrons. The molecule has 1 aromatic rings. The summed E-state index contributed by atoms with van der Waals surface area (Å²) in [6.07, 6.45) is 0. The fourth-order valence-corrected chi connectivity index (χ4v) is 1.90. The monoisotopic (exact) mass is 266 g/mol. The summed E-state index contributed by atoms with van der Waals surface area (Å²) in [6, 6.07) is 0. The van der Waals surface area contributed by atoms with E-state index in [9.17, 15) is 9.59 Å². The van der Waals surface area contributed by atoms with Gasteiger partial charge in [-0.15, -0.1) is 0 Å². The van der Waals surface area contributed by atoms with Crippen LogP contribution >= 0.6 is 0 Å². The van der Waals surface area contributed by atoms with Crippen molar-refractivity contribution in [3.8, 4) is 0 Å². The van der Waals surface area contributed by atoms with Crippen LogP contribution in [0.1, 0.15) is 39.4 Å². The van der Waals surface area contributed by atoms with Crippen LogP contribution in [0.25, 0.3) is 0 Å². The van der Waals surface area contributed by atoms with E-state index >= 15 is 0 Å². The van der Waals surface area contributed by atoms with Crippen molar-refractivity contribution in [1.82, 2.24) is 15.0 Å². The summed E-state index contributed by atoms with van der Waals surface area (Å²) in [4.78, 5) is 29.1. The Morgan fingerprint density at radius 2 is 1.79 bits per heavy atom. The number of rotatable bonds is 3. The van der Waals surface area contributed by atoms with E-state index in [1.54, 1.807) is 27.7 Å². The molecule has 1 aliphatic rings. The minimum atomic E-state index is -0.721. The number of amides is 2. The topological polar surface area (TPSA) is 102 Å². The average Bonchev–Trinajstić information content (AvgIpc) is 2.86. The van der Waals surface area contributed by atoms with Crippen molar-refractivity contribution in [3.05, 3.63) is 11.7 Å². The lowest BCUT2D eigenvalue weighted by Crippen LogP contribution is -2.31. The Morgan fingerprint density at radius 3 is 2.21 bits per heavy atom. The highest BCUT2D eigenvalue weighted by Crippen LogP contribution is 2.26. The van der Waals surface area contributed by atoms with Gasteiger partial charge in [-0.05, 0) is 13.8 Å². The lowest BCUT2D eigenvalue weighted by Gasteiger charge is -2.12. The van der Waals surface area contributed by atoms with Crippen LogP contribution in [0.5, 0.6) is 0 Å². The van der Waals surface area contributed by atoms with E-state index in [-0.39, 0.29) is 36.1 Å². The molecule has 2 amide bonds. The molecule has 0 radical (unpaired) electrons. The van der Waals surface area contributed by atoms with Crippen LogP contribution in [0.15, 0.2) is 4.52 Å². The van der Waals surface area contributed by atoms with Gasteiger partial charge in [0.2, 0.25) is 17.7 Å². The molecule has 0 aromatic carbocycles. The molecule has 2 rings (SSSR count). The van der Waals surface area contributed by atoms with Crippen molar-refractivity contribution < 1.29 is 14.1 Å². The van der Waals surface area contributed by atoms with Gasteiger partial charge in [-0.1, -0.05) is 19.0 Å². The van der Waals surface area contributed by atoms with Gasteiger partial charge in [0, 0.05) is 11.8 Å². The quantitative estimate of drug-likeness (QED) is 0.795. The fraction of sp³-hybridized carbons (Fsp3) is 0.667. The summed E-state index contributed by atoms with van der Waals surface area (Å²) in [5, 5.41) is 3.76. The smallest absolute Gasteiger partial charge is 0.246 e. The average molecular weight is 266 g/mol. The SMILES string of the molecule is CC1C(=O)N(Cc2nc(C(C)(C)N)no2)C(=O)C1C. The maximum atomic E-state index is 11.9. The predicted molar refractivity (Wildman–Crippen MR) is 65.4 cm³/mol. The number of aromatic nitrogens is 2. The minimum absolute atomic E-state index is 0.00935. The molecule has 1 saturated heterocycles. The summed E-state index contributed by atoms with van der Waals surface area (Å²) in [7, 11) is 0. The molecular formula is C12H18N4O3. The summed E-state index contributed by atoms with van der Waals surface area (Å²) >= 11 is 0. The van der Waals surface area contributed by atoms with Crippen molar-refractivity contribution in [2.24, 2.45) is 17.6 Å². The molecular weight excluding hydrogens is 248 g/mol. The first-order valence-corrected chi connectivity index (χ1v) is 6.19. The molecule has 7 nitrogen and oxygen atoms in total. The molecule has 2 heterocycles. The van der Waals surface area contributed by atoms with E-state index in [0.717, 1.165) is 4.90 Å². The van der Waals surface area contributed by atoms with E-state index in [4.69, 9.17) is 10.3 Å². The Hall–Kier alpha value is -1.76. The van der Waals surface area contributed by atoms with E-state index in [1.807, 2.05) is 0 Å².